The lowest BCUT2D eigenvalue weighted by Crippen LogP contribution is -1.84. The molecular weight excluding hydrogens is 132 g/mol. The molecule has 0 aromatic rings. The molecule has 0 bridgehead atoms. The fraction of sp³-hybridized carbons (Fsp3) is 1.00. The van der Waals surface area contributed by atoms with E-state index in [2.05, 4.69) is 13.8 Å². The average molecular weight is 152 g/mol. The molecule has 0 atom stereocenters. The van der Waals surface area contributed by atoms with Crippen molar-refractivity contribution in [1.29, 1.82) is 0 Å². The van der Waals surface area contributed by atoms with Crippen molar-refractivity contribution in [3.63, 3.8) is 0 Å². The van der Waals surface area contributed by atoms with E-state index in [-0.39, 0.29) is 0 Å². The van der Waals surface area contributed by atoms with Gasteiger partial charge in [0.25, 0.3) is 0 Å². The molecule has 0 amide bonds. The minimum Gasteiger partial charge on any atom is -0.0654 e. The van der Waals surface area contributed by atoms with Gasteiger partial charge in [-0.15, -0.1) is 0 Å². The summed E-state index contributed by atoms with van der Waals surface area (Å²) in [6.07, 6.45) is 10.5. The maximum Gasteiger partial charge on any atom is -0.0230 e. The zero-order chi connectivity index (χ0) is 7.95. The summed E-state index contributed by atoms with van der Waals surface area (Å²) in [5, 5.41) is 0. The van der Waals surface area contributed by atoms with Crippen molar-refractivity contribution in [2.75, 3.05) is 0 Å². The Morgan fingerprint density at radius 2 is 1.55 bits per heavy atom. The van der Waals surface area contributed by atoms with Gasteiger partial charge in [0.05, 0.1) is 0 Å². The van der Waals surface area contributed by atoms with Gasteiger partial charge in [-0.1, -0.05) is 33.1 Å². The Bertz CT molecular complexity index is 151. The fourth-order valence-corrected chi connectivity index (χ4v) is 3.03. The Labute approximate surface area is 70.4 Å². The quantitative estimate of drug-likeness (QED) is 0.562. The minimum absolute atomic E-state index is 0.914. The molecule has 0 spiro atoms. The predicted molar refractivity (Wildman–Crippen MR) is 48.5 cm³/mol. The lowest BCUT2D eigenvalue weighted by molar-refractivity contribution is 0.547. The monoisotopic (exact) mass is 152 g/mol. The summed E-state index contributed by atoms with van der Waals surface area (Å²) in [7, 11) is 0. The van der Waals surface area contributed by atoms with Crippen LogP contribution in [0, 0.1) is 10.8 Å². The highest BCUT2D eigenvalue weighted by molar-refractivity contribution is 5.29. The minimum atomic E-state index is 0.914. The number of fused-ring (bicyclic) bond motifs is 1. The van der Waals surface area contributed by atoms with E-state index in [9.17, 15) is 0 Å². The van der Waals surface area contributed by atoms with Gasteiger partial charge in [0.2, 0.25) is 0 Å². The summed E-state index contributed by atoms with van der Waals surface area (Å²) in [6.45, 7) is 4.64. The highest BCUT2D eigenvalue weighted by Gasteiger charge is 2.80. The topological polar surface area (TPSA) is 0 Å². The van der Waals surface area contributed by atoms with Crippen LogP contribution in [0.4, 0.5) is 0 Å². The first-order valence-corrected chi connectivity index (χ1v) is 5.29. The second-order valence-corrected chi connectivity index (χ2v) is 4.77. The first kappa shape index (κ1) is 7.64. The zero-order valence-corrected chi connectivity index (χ0v) is 7.95. The van der Waals surface area contributed by atoms with Crippen LogP contribution in [0.5, 0.6) is 0 Å². The van der Waals surface area contributed by atoms with Crippen molar-refractivity contribution in [1.82, 2.24) is 0 Å². The van der Waals surface area contributed by atoms with Crippen LogP contribution in [0.3, 0.4) is 0 Å². The van der Waals surface area contributed by atoms with Crippen LogP contribution in [0.2, 0.25) is 0 Å². The largest absolute Gasteiger partial charge is 0.0654 e. The van der Waals surface area contributed by atoms with E-state index < -0.39 is 0 Å². The Balaban J connectivity index is 1.75. The van der Waals surface area contributed by atoms with Crippen LogP contribution in [-0.4, -0.2) is 0 Å². The summed E-state index contributed by atoms with van der Waals surface area (Å²) < 4.78 is 0. The summed E-state index contributed by atoms with van der Waals surface area (Å²) in [5.41, 5.74) is 1.83. The van der Waals surface area contributed by atoms with Crippen LogP contribution in [-0.2, 0) is 0 Å². The van der Waals surface area contributed by atoms with Crippen molar-refractivity contribution in [3.8, 4) is 0 Å². The molecule has 2 aliphatic carbocycles. The molecular formula is C11H20. The van der Waals surface area contributed by atoms with Gasteiger partial charge < -0.3 is 0 Å². The van der Waals surface area contributed by atoms with Gasteiger partial charge in [-0.3, -0.25) is 0 Å². The van der Waals surface area contributed by atoms with E-state index in [0.717, 1.165) is 10.8 Å². The molecule has 0 aromatic carbocycles. The zero-order valence-electron chi connectivity index (χ0n) is 7.95. The van der Waals surface area contributed by atoms with Crippen molar-refractivity contribution in [2.24, 2.45) is 10.8 Å². The lowest BCUT2D eigenvalue weighted by Gasteiger charge is -1.98. The van der Waals surface area contributed by atoms with Crippen LogP contribution in [0.1, 0.15) is 58.8 Å². The maximum atomic E-state index is 2.33. The molecule has 0 aromatic heterocycles. The standard InChI is InChI=1S/C11H20/c1-3-5-7-11-8-10(11,9-11)6-4-2/h3-9H2,1-2H3. The second kappa shape index (κ2) is 2.24. The van der Waals surface area contributed by atoms with Crippen LogP contribution in [0.15, 0.2) is 0 Å². The van der Waals surface area contributed by atoms with Crippen molar-refractivity contribution in [2.45, 2.75) is 58.8 Å². The molecule has 0 aliphatic heterocycles. The molecule has 11 heavy (non-hydrogen) atoms. The average Bonchev–Trinajstić information content (AvgIpc) is 2.71. The van der Waals surface area contributed by atoms with Crippen LogP contribution in [0.25, 0.3) is 0 Å². The molecule has 64 valence electrons. The van der Waals surface area contributed by atoms with Gasteiger partial charge in [0, 0.05) is 0 Å². The van der Waals surface area contributed by atoms with Crippen LogP contribution < -0.4 is 0 Å². The summed E-state index contributed by atoms with van der Waals surface area (Å²) >= 11 is 0. The third-order valence-corrected chi connectivity index (χ3v) is 3.97. The first-order chi connectivity index (χ1) is 5.29. The smallest absolute Gasteiger partial charge is 0.0230 e. The lowest BCUT2D eigenvalue weighted by atomic mass is 10.1. The summed E-state index contributed by atoms with van der Waals surface area (Å²) in [5.74, 6) is 0. The van der Waals surface area contributed by atoms with Gasteiger partial charge in [0.15, 0.2) is 0 Å². The third-order valence-electron chi connectivity index (χ3n) is 3.97. The van der Waals surface area contributed by atoms with E-state index in [1.165, 1.54) is 25.7 Å². The molecule has 0 heteroatoms. The predicted octanol–water partition coefficient (Wildman–Crippen LogP) is 3.76. The SMILES string of the molecule is CCCCC12CC1(CCC)C2. The van der Waals surface area contributed by atoms with Gasteiger partial charge in [-0.05, 0) is 36.5 Å². The second-order valence-electron chi connectivity index (χ2n) is 4.77. The van der Waals surface area contributed by atoms with Crippen LogP contribution >= 0.6 is 0 Å². The normalized spacial score (nSPS) is 45.3. The Kier molecular flexibility index (Phi) is 1.56. The molecule has 2 rings (SSSR count). The van der Waals surface area contributed by atoms with E-state index >= 15 is 0 Å². The summed E-state index contributed by atoms with van der Waals surface area (Å²) in [6, 6.07) is 0. The molecule has 0 unspecified atom stereocenters. The molecule has 2 aliphatic rings. The van der Waals surface area contributed by atoms with Gasteiger partial charge >= 0.3 is 0 Å². The third kappa shape index (κ3) is 0.947. The summed E-state index contributed by atoms with van der Waals surface area (Å²) in [4.78, 5) is 0. The number of hydrogen-bond donors (Lipinski definition) is 0. The molecule has 0 nitrogen and oxygen atoms in total. The van der Waals surface area contributed by atoms with E-state index in [1.807, 2.05) is 0 Å². The van der Waals surface area contributed by atoms with Gasteiger partial charge in [-0.25, -0.2) is 0 Å². The molecule has 0 radical (unpaired) electrons. The van der Waals surface area contributed by atoms with E-state index in [1.54, 1.807) is 19.3 Å². The van der Waals surface area contributed by atoms with Gasteiger partial charge in [0.1, 0.15) is 0 Å². The van der Waals surface area contributed by atoms with E-state index in [4.69, 9.17) is 0 Å². The van der Waals surface area contributed by atoms with Crippen molar-refractivity contribution in [3.05, 3.63) is 0 Å². The fourth-order valence-electron chi connectivity index (χ4n) is 3.03. The van der Waals surface area contributed by atoms with Gasteiger partial charge in [-0.2, -0.15) is 0 Å². The maximum absolute atomic E-state index is 2.33. The molecule has 0 heterocycles. The Morgan fingerprint density at radius 3 is 2.09 bits per heavy atom. The molecule has 0 N–H and O–H groups in total. The molecule has 2 saturated carbocycles. The number of rotatable bonds is 5. The van der Waals surface area contributed by atoms with Crippen molar-refractivity contribution < 1.29 is 0 Å². The molecule has 0 saturated heterocycles. The van der Waals surface area contributed by atoms with E-state index in [0.29, 0.717) is 0 Å². The number of unbranched alkanes of at least 4 members (excludes halogenated alkanes) is 1. The highest BCUT2D eigenvalue weighted by Crippen LogP contribution is 2.89. The Hall–Kier alpha value is 0. The molecule has 2 fully saturated rings. The first-order valence-electron chi connectivity index (χ1n) is 5.29. The Morgan fingerprint density at radius 1 is 0.909 bits per heavy atom. The number of hydrogen-bond acceptors (Lipinski definition) is 0. The van der Waals surface area contributed by atoms with Crippen molar-refractivity contribution >= 4 is 0 Å². The highest BCUT2D eigenvalue weighted by atomic mass is 14.8.